The van der Waals surface area contributed by atoms with Crippen LogP contribution in [-0.4, -0.2) is 23.1 Å². The van der Waals surface area contributed by atoms with Gasteiger partial charge in [-0.05, 0) is 13.3 Å². The molecule has 0 spiro atoms. The van der Waals surface area contributed by atoms with Crippen LogP contribution in [-0.2, 0) is 0 Å². The summed E-state index contributed by atoms with van der Waals surface area (Å²) in [5.74, 6) is 7.04. The maximum atomic E-state index is 5.36. The molecule has 1 unspecified atom stereocenters. The van der Waals surface area contributed by atoms with Crippen LogP contribution in [0.3, 0.4) is 0 Å². The van der Waals surface area contributed by atoms with Crippen LogP contribution in [0.2, 0.25) is 0 Å². The second kappa shape index (κ2) is 6.90. The number of aromatic nitrogens is 2. The third kappa shape index (κ3) is 3.74. The van der Waals surface area contributed by atoms with Crippen molar-refractivity contribution in [2.45, 2.75) is 39.2 Å². The van der Waals surface area contributed by atoms with Gasteiger partial charge in [-0.3, -0.25) is 0 Å². The Kier molecular flexibility index (Phi) is 5.48. The fourth-order valence-electron chi connectivity index (χ4n) is 1.59. The topological polar surface area (TPSA) is 85.1 Å². The number of hydrogen-bond donors (Lipinski definition) is 3. The van der Waals surface area contributed by atoms with Crippen molar-refractivity contribution in [3.8, 4) is 5.75 Å². The minimum Gasteiger partial charge on any atom is -0.490 e. The van der Waals surface area contributed by atoms with Gasteiger partial charge in [0.1, 0.15) is 6.33 Å². The number of hydrogen-bond acceptors (Lipinski definition) is 6. The Morgan fingerprint density at radius 2 is 2.12 bits per heavy atom. The van der Waals surface area contributed by atoms with Gasteiger partial charge in [-0.15, -0.1) is 0 Å². The van der Waals surface area contributed by atoms with Gasteiger partial charge in [-0.1, -0.05) is 19.8 Å². The molecule has 0 fully saturated rings. The van der Waals surface area contributed by atoms with E-state index in [0.717, 1.165) is 6.42 Å². The molecule has 1 aromatic heterocycles. The molecule has 17 heavy (non-hydrogen) atoms. The first-order chi connectivity index (χ1) is 8.22. The molecule has 0 amide bonds. The lowest BCUT2D eigenvalue weighted by Crippen LogP contribution is -2.18. The van der Waals surface area contributed by atoms with E-state index in [0.29, 0.717) is 23.4 Å². The van der Waals surface area contributed by atoms with E-state index in [1.165, 1.54) is 19.2 Å². The summed E-state index contributed by atoms with van der Waals surface area (Å²) in [7, 11) is 1.57. The molecule has 0 aliphatic heterocycles. The van der Waals surface area contributed by atoms with Gasteiger partial charge in [0.15, 0.2) is 11.6 Å². The van der Waals surface area contributed by atoms with Gasteiger partial charge in [-0.2, -0.15) is 0 Å². The minimum atomic E-state index is 0.337. The van der Waals surface area contributed by atoms with E-state index in [2.05, 4.69) is 34.6 Å². The van der Waals surface area contributed by atoms with E-state index in [-0.39, 0.29) is 0 Å². The smallest absolute Gasteiger partial charge is 0.205 e. The molecule has 6 heteroatoms. The van der Waals surface area contributed by atoms with Crippen molar-refractivity contribution in [2.24, 2.45) is 5.84 Å². The van der Waals surface area contributed by atoms with Gasteiger partial charge in [-0.25, -0.2) is 15.8 Å². The Hall–Kier alpha value is -1.56. The van der Waals surface area contributed by atoms with E-state index < -0.39 is 0 Å². The molecule has 0 aliphatic carbocycles. The summed E-state index contributed by atoms with van der Waals surface area (Å²) < 4.78 is 5.24. The van der Waals surface area contributed by atoms with Crippen LogP contribution in [0.15, 0.2) is 6.33 Å². The average molecular weight is 239 g/mol. The number of unbranched alkanes of at least 4 members (excludes halogenated alkanes) is 1. The molecule has 0 aliphatic rings. The number of anilines is 2. The fraction of sp³-hybridized carbons (Fsp3) is 0.636. The van der Waals surface area contributed by atoms with Gasteiger partial charge in [0.25, 0.3) is 0 Å². The Labute approximate surface area is 102 Å². The predicted octanol–water partition coefficient (Wildman–Crippen LogP) is 1.76. The third-order valence-corrected chi connectivity index (χ3v) is 2.52. The molecule has 1 aromatic rings. The zero-order valence-electron chi connectivity index (χ0n) is 10.7. The summed E-state index contributed by atoms with van der Waals surface area (Å²) in [4.78, 5) is 8.15. The van der Waals surface area contributed by atoms with Crippen molar-refractivity contribution in [1.82, 2.24) is 9.97 Å². The second-order valence-electron chi connectivity index (χ2n) is 3.94. The van der Waals surface area contributed by atoms with Crippen LogP contribution < -0.4 is 21.3 Å². The molecule has 0 aromatic carbocycles. The Bertz CT molecular complexity index is 345. The summed E-state index contributed by atoms with van der Waals surface area (Å²) >= 11 is 0. The quantitative estimate of drug-likeness (QED) is 0.496. The Morgan fingerprint density at radius 1 is 1.41 bits per heavy atom. The highest BCUT2D eigenvalue weighted by Crippen LogP contribution is 2.28. The zero-order chi connectivity index (χ0) is 12.7. The van der Waals surface area contributed by atoms with Crippen LogP contribution in [0.1, 0.15) is 33.1 Å². The lowest BCUT2D eigenvalue weighted by molar-refractivity contribution is 0.414. The fourth-order valence-corrected chi connectivity index (χ4v) is 1.59. The highest BCUT2D eigenvalue weighted by atomic mass is 16.5. The second-order valence-corrected chi connectivity index (χ2v) is 3.94. The number of hydrazine groups is 1. The largest absolute Gasteiger partial charge is 0.490 e. The van der Waals surface area contributed by atoms with E-state index >= 15 is 0 Å². The van der Waals surface area contributed by atoms with Crippen LogP contribution >= 0.6 is 0 Å². The number of rotatable bonds is 7. The average Bonchev–Trinajstić information content (AvgIpc) is 2.35. The molecule has 96 valence electrons. The maximum absolute atomic E-state index is 5.36. The van der Waals surface area contributed by atoms with Crippen LogP contribution in [0, 0.1) is 0 Å². The van der Waals surface area contributed by atoms with E-state index in [9.17, 15) is 0 Å². The third-order valence-electron chi connectivity index (χ3n) is 2.52. The van der Waals surface area contributed by atoms with Gasteiger partial charge >= 0.3 is 0 Å². The molecule has 1 rings (SSSR count). The number of methoxy groups -OCH3 is 1. The molecular formula is C11H21N5O. The molecule has 0 bridgehead atoms. The predicted molar refractivity (Wildman–Crippen MR) is 69.0 cm³/mol. The number of ether oxygens (including phenoxy) is 1. The molecule has 0 saturated heterocycles. The first-order valence-electron chi connectivity index (χ1n) is 5.85. The van der Waals surface area contributed by atoms with Gasteiger partial charge < -0.3 is 15.5 Å². The number of nitrogens with two attached hydrogens (primary N) is 1. The minimum absolute atomic E-state index is 0.337. The summed E-state index contributed by atoms with van der Waals surface area (Å²) in [6, 6.07) is 0.337. The summed E-state index contributed by atoms with van der Waals surface area (Å²) in [5.41, 5.74) is 2.49. The lowest BCUT2D eigenvalue weighted by atomic mass is 10.1. The first kappa shape index (κ1) is 13.5. The van der Waals surface area contributed by atoms with Crippen molar-refractivity contribution in [1.29, 1.82) is 0 Å². The number of nitrogens with one attached hydrogen (secondary N) is 2. The van der Waals surface area contributed by atoms with Crippen molar-refractivity contribution >= 4 is 11.6 Å². The molecule has 1 atom stereocenters. The van der Waals surface area contributed by atoms with Crippen molar-refractivity contribution < 1.29 is 4.74 Å². The highest BCUT2D eigenvalue weighted by molar-refractivity contribution is 5.63. The molecule has 1 heterocycles. The standard InChI is InChI=1S/C11H21N5O/c1-4-5-6-8(2)15-10-9(17-3)11(16-12)14-7-13-10/h7-8H,4-6,12H2,1-3H3,(H2,13,14,15,16). The van der Waals surface area contributed by atoms with Gasteiger partial charge in [0, 0.05) is 6.04 Å². The van der Waals surface area contributed by atoms with E-state index in [1.54, 1.807) is 7.11 Å². The maximum Gasteiger partial charge on any atom is 0.205 e. The normalized spacial score (nSPS) is 12.0. The summed E-state index contributed by atoms with van der Waals surface area (Å²) in [6.07, 6.45) is 4.91. The molecular weight excluding hydrogens is 218 g/mol. The van der Waals surface area contributed by atoms with Crippen molar-refractivity contribution in [3.05, 3.63) is 6.33 Å². The van der Waals surface area contributed by atoms with Gasteiger partial charge in [0.05, 0.1) is 7.11 Å². The molecule has 4 N–H and O–H groups in total. The summed E-state index contributed by atoms with van der Waals surface area (Å²) in [6.45, 7) is 4.29. The summed E-state index contributed by atoms with van der Waals surface area (Å²) in [5, 5.41) is 3.30. The number of nitrogens with zero attached hydrogens (tertiary/aromatic N) is 2. The molecule has 0 saturated carbocycles. The van der Waals surface area contributed by atoms with Crippen LogP contribution in [0.25, 0.3) is 0 Å². The zero-order valence-corrected chi connectivity index (χ0v) is 10.7. The Balaban J connectivity index is 2.75. The van der Waals surface area contributed by atoms with E-state index in [4.69, 9.17) is 10.6 Å². The van der Waals surface area contributed by atoms with Crippen molar-refractivity contribution in [2.75, 3.05) is 17.9 Å². The van der Waals surface area contributed by atoms with Crippen LogP contribution in [0.5, 0.6) is 5.75 Å². The van der Waals surface area contributed by atoms with Gasteiger partial charge in [0.2, 0.25) is 5.75 Å². The Morgan fingerprint density at radius 3 is 2.71 bits per heavy atom. The van der Waals surface area contributed by atoms with Crippen molar-refractivity contribution in [3.63, 3.8) is 0 Å². The SMILES string of the molecule is CCCCC(C)Nc1ncnc(NN)c1OC. The lowest BCUT2D eigenvalue weighted by Gasteiger charge is -2.17. The monoisotopic (exact) mass is 239 g/mol. The van der Waals surface area contributed by atoms with E-state index in [1.807, 2.05) is 0 Å². The highest BCUT2D eigenvalue weighted by Gasteiger charge is 2.12. The number of nitrogen functional groups attached to an aromatic ring is 1. The van der Waals surface area contributed by atoms with Crippen LogP contribution in [0.4, 0.5) is 11.6 Å². The molecule has 0 radical (unpaired) electrons. The molecule has 6 nitrogen and oxygen atoms in total. The first-order valence-corrected chi connectivity index (χ1v) is 5.85.